The van der Waals surface area contributed by atoms with Crippen molar-refractivity contribution in [2.75, 3.05) is 13.7 Å². The minimum absolute atomic E-state index is 0.152. The first-order chi connectivity index (χ1) is 16.4. The molecule has 3 unspecified atom stereocenters. The summed E-state index contributed by atoms with van der Waals surface area (Å²) < 4.78 is 11.5. The van der Waals surface area contributed by atoms with Gasteiger partial charge in [0.2, 0.25) is 6.41 Å². The zero-order valence-electron chi connectivity index (χ0n) is 20.5. The molecule has 7 nitrogen and oxygen atoms in total. The first-order valence-electron chi connectivity index (χ1n) is 11.5. The molecule has 0 spiro atoms. The zero-order valence-corrected chi connectivity index (χ0v) is 20.5. The maximum atomic E-state index is 12.5. The second-order valence-electron chi connectivity index (χ2n) is 7.95. The van der Waals surface area contributed by atoms with Crippen molar-refractivity contribution in [1.82, 2.24) is 10.2 Å². The Bertz CT molecular complexity index is 972. The quantitative estimate of drug-likeness (QED) is 0.353. The van der Waals surface area contributed by atoms with Gasteiger partial charge in [0.05, 0.1) is 11.7 Å². The highest BCUT2D eigenvalue weighted by Gasteiger charge is 2.34. The van der Waals surface area contributed by atoms with E-state index in [1.807, 2.05) is 63.2 Å². The van der Waals surface area contributed by atoms with Crippen molar-refractivity contribution >= 4 is 18.3 Å². The van der Waals surface area contributed by atoms with E-state index in [0.717, 1.165) is 17.5 Å². The fraction of sp³-hybridized carbons (Fsp3) is 0.370. The highest BCUT2D eigenvalue weighted by Crippen LogP contribution is 2.29. The molecule has 3 rings (SSSR count). The van der Waals surface area contributed by atoms with Crippen LogP contribution in [0.3, 0.4) is 0 Å². The Labute approximate surface area is 201 Å². The van der Waals surface area contributed by atoms with Crippen LogP contribution in [0, 0.1) is 5.92 Å². The van der Waals surface area contributed by atoms with Crippen LogP contribution in [-0.2, 0) is 19.1 Å². The number of hydrogen-bond donors (Lipinski definition) is 1. The van der Waals surface area contributed by atoms with Gasteiger partial charge in [-0.25, -0.2) is 4.79 Å². The molecule has 2 amide bonds. The molecular formula is C27H34N2O5. The SMILES string of the molecule is C/C(=C/N(C)C1CC(C)C(COC(=O)c2ccc(-c3ccccc3)cc2)O1)C(=O)NC=O.CC. The highest BCUT2D eigenvalue weighted by molar-refractivity contribution is 5.98. The van der Waals surface area contributed by atoms with Crippen LogP contribution in [0.25, 0.3) is 11.1 Å². The summed E-state index contributed by atoms with van der Waals surface area (Å²) in [5.74, 6) is -0.673. The van der Waals surface area contributed by atoms with Crippen LogP contribution in [0.4, 0.5) is 0 Å². The molecule has 3 atom stereocenters. The van der Waals surface area contributed by atoms with Gasteiger partial charge < -0.3 is 14.4 Å². The molecule has 1 saturated heterocycles. The third-order valence-electron chi connectivity index (χ3n) is 5.55. The molecule has 7 heteroatoms. The molecular weight excluding hydrogens is 432 g/mol. The van der Waals surface area contributed by atoms with Crippen molar-refractivity contribution in [3.05, 3.63) is 71.9 Å². The number of carbonyl (C=O) groups is 3. The van der Waals surface area contributed by atoms with Crippen LogP contribution >= 0.6 is 0 Å². The van der Waals surface area contributed by atoms with E-state index in [1.54, 1.807) is 37.2 Å². The number of benzene rings is 2. The largest absolute Gasteiger partial charge is 0.459 e. The van der Waals surface area contributed by atoms with E-state index >= 15 is 0 Å². The average Bonchev–Trinajstić information content (AvgIpc) is 3.25. The first kappa shape index (κ1) is 26.8. The summed E-state index contributed by atoms with van der Waals surface area (Å²) in [6.45, 7) is 7.81. The summed E-state index contributed by atoms with van der Waals surface area (Å²) in [7, 11) is 1.80. The van der Waals surface area contributed by atoms with Gasteiger partial charge in [-0.3, -0.25) is 14.9 Å². The van der Waals surface area contributed by atoms with Gasteiger partial charge in [-0.2, -0.15) is 0 Å². The van der Waals surface area contributed by atoms with Gasteiger partial charge in [-0.05, 0) is 42.5 Å². The average molecular weight is 467 g/mol. The van der Waals surface area contributed by atoms with E-state index in [0.29, 0.717) is 17.5 Å². The van der Waals surface area contributed by atoms with E-state index in [9.17, 15) is 14.4 Å². The number of esters is 1. The number of nitrogens with one attached hydrogen (secondary N) is 1. The summed E-state index contributed by atoms with van der Waals surface area (Å²) in [4.78, 5) is 36.4. The number of carbonyl (C=O) groups excluding carboxylic acids is 3. The normalized spacial score (nSPS) is 19.4. The molecule has 1 aliphatic rings. The smallest absolute Gasteiger partial charge is 0.338 e. The Kier molecular flexibility index (Phi) is 10.5. The second kappa shape index (κ2) is 13.3. The Hall–Kier alpha value is -3.45. The predicted octanol–water partition coefficient (Wildman–Crippen LogP) is 4.40. The molecule has 1 heterocycles. The van der Waals surface area contributed by atoms with Crippen LogP contribution in [0.2, 0.25) is 0 Å². The summed E-state index contributed by atoms with van der Waals surface area (Å²) in [6.07, 6.45) is 2.22. The molecule has 2 aromatic rings. The topological polar surface area (TPSA) is 84.9 Å². The maximum Gasteiger partial charge on any atom is 0.338 e. The Morgan fingerprint density at radius 2 is 1.71 bits per heavy atom. The van der Waals surface area contributed by atoms with Crippen LogP contribution in [0.1, 0.15) is 44.5 Å². The molecule has 182 valence electrons. The van der Waals surface area contributed by atoms with Crippen molar-refractivity contribution in [2.24, 2.45) is 5.92 Å². The molecule has 0 bridgehead atoms. The van der Waals surface area contributed by atoms with E-state index in [2.05, 4.69) is 5.32 Å². The molecule has 1 N–H and O–H groups in total. The van der Waals surface area contributed by atoms with Crippen molar-refractivity contribution in [1.29, 1.82) is 0 Å². The Morgan fingerprint density at radius 3 is 2.32 bits per heavy atom. The number of amides is 2. The molecule has 1 aliphatic heterocycles. The summed E-state index contributed by atoms with van der Waals surface area (Å²) in [5.41, 5.74) is 3.00. The minimum Gasteiger partial charge on any atom is -0.459 e. The molecule has 34 heavy (non-hydrogen) atoms. The fourth-order valence-electron chi connectivity index (χ4n) is 3.61. The number of nitrogens with zero attached hydrogens (tertiary/aromatic N) is 1. The zero-order chi connectivity index (χ0) is 25.1. The monoisotopic (exact) mass is 466 g/mol. The Morgan fingerprint density at radius 1 is 1.09 bits per heavy atom. The number of rotatable bonds is 8. The van der Waals surface area contributed by atoms with Gasteiger partial charge in [-0.15, -0.1) is 0 Å². The van der Waals surface area contributed by atoms with Crippen LogP contribution in [0.5, 0.6) is 0 Å². The molecule has 0 saturated carbocycles. The van der Waals surface area contributed by atoms with Crippen molar-refractivity contribution < 1.29 is 23.9 Å². The fourth-order valence-corrected chi connectivity index (χ4v) is 3.61. The lowest BCUT2D eigenvalue weighted by molar-refractivity contribution is -0.122. The summed E-state index contributed by atoms with van der Waals surface area (Å²) >= 11 is 0. The molecule has 0 aliphatic carbocycles. The number of hydrogen-bond acceptors (Lipinski definition) is 6. The summed E-state index contributed by atoms with van der Waals surface area (Å²) in [5, 5.41) is 2.11. The predicted molar refractivity (Wildman–Crippen MR) is 132 cm³/mol. The van der Waals surface area contributed by atoms with Crippen molar-refractivity contribution in [2.45, 2.75) is 46.4 Å². The molecule has 0 radical (unpaired) electrons. The van der Waals surface area contributed by atoms with E-state index in [-0.39, 0.29) is 24.9 Å². The van der Waals surface area contributed by atoms with Crippen molar-refractivity contribution in [3.8, 4) is 11.1 Å². The number of imide groups is 1. The third-order valence-corrected chi connectivity index (χ3v) is 5.55. The summed E-state index contributed by atoms with van der Waals surface area (Å²) in [6, 6.07) is 17.3. The maximum absolute atomic E-state index is 12.5. The number of ether oxygens (including phenoxy) is 2. The standard InChI is InChI=1S/C25H28N2O5.C2H6/c1-17-13-23(27(3)14-18(2)24(29)26-16-28)32-22(17)15-31-25(30)21-11-9-20(10-12-21)19-7-5-4-6-8-19;1-2/h4-12,14,16-17,22-23H,13,15H2,1-3H3,(H,26,28,29);1-2H3/b18-14-;. The van der Waals surface area contributed by atoms with Crippen LogP contribution in [-0.4, -0.2) is 49.2 Å². The van der Waals surface area contributed by atoms with Gasteiger partial charge in [0.15, 0.2) is 0 Å². The van der Waals surface area contributed by atoms with Gasteiger partial charge in [0.1, 0.15) is 12.8 Å². The van der Waals surface area contributed by atoms with E-state index in [1.165, 1.54) is 0 Å². The van der Waals surface area contributed by atoms with Crippen LogP contribution in [0.15, 0.2) is 66.4 Å². The van der Waals surface area contributed by atoms with Gasteiger partial charge >= 0.3 is 5.97 Å². The molecule has 2 aromatic carbocycles. The van der Waals surface area contributed by atoms with Crippen molar-refractivity contribution in [3.63, 3.8) is 0 Å². The van der Waals surface area contributed by atoms with Gasteiger partial charge in [0, 0.05) is 18.8 Å². The lowest BCUT2D eigenvalue weighted by Crippen LogP contribution is -2.30. The van der Waals surface area contributed by atoms with Gasteiger partial charge in [0.25, 0.3) is 5.91 Å². The van der Waals surface area contributed by atoms with Crippen LogP contribution < -0.4 is 5.32 Å². The third kappa shape index (κ3) is 7.28. The lowest BCUT2D eigenvalue weighted by atomic mass is 10.0. The first-order valence-corrected chi connectivity index (χ1v) is 11.5. The van der Waals surface area contributed by atoms with Gasteiger partial charge in [-0.1, -0.05) is 63.2 Å². The molecule has 0 aromatic heterocycles. The second-order valence-corrected chi connectivity index (χ2v) is 7.95. The van der Waals surface area contributed by atoms with E-state index < -0.39 is 11.9 Å². The minimum atomic E-state index is -0.457. The van der Waals surface area contributed by atoms with E-state index in [4.69, 9.17) is 9.47 Å². The molecule has 1 fully saturated rings. The highest BCUT2D eigenvalue weighted by atomic mass is 16.6. The Balaban J connectivity index is 0.00000199. The lowest BCUT2D eigenvalue weighted by Gasteiger charge is -2.23.